The van der Waals surface area contributed by atoms with Crippen LogP contribution in [-0.2, 0) is 15.8 Å². The van der Waals surface area contributed by atoms with Crippen LogP contribution in [0.5, 0.6) is 0 Å². The molecule has 0 radical (unpaired) electrons. The van der Waals surface area contributed by atoms with Crippen molar-refractivity contribution in [2.24, 2.45) is 0 Å². The van der Waals surface area contributed by atoms with Crippen molar-refractivity contribution in [3.05, 3.63) is 23.0 Å². The fraction of sp³-hybridized carbons (Fsp3) is 0.444. The van der Waals surface area contributed by atoms with E-state index in [1.54, 1.807) is 11.5 Å². The summed E-state index contributed by atoms with van der Waals surface area (Å²) in [5.74, 6) is 0. The number of nitrogens with one attached hydrogen (secondary N) is 1. The highest BCUT2D eigenvalue weighted by Crippen LogP contribution is 2.34. The maximum absolute atomic E-state index is 11.4. The van der Waals surface area contributed by atoms with Crippen molar-refractivity contribution in [1.82, 2.24) is 19.5 Å². The van der Waals surface area contributed by atoms with Crippen LogP contribution in [0.4, 0.5) is 0 Å². The van der Waals surface area contributed by atoms with Crippen LogP contribution in [0.1, 0.15) is 6.92 Å². The number of H-pyrrole nitrogens is 1. The Morgan fingerprint density at radius 3 is 2.95 bits per heavy atom. The fourth-order valence-corrected chi connectivity index (χ4v) is 2.03. The smallest absolute Gasteiger partial charge is 0.350 e. The number of aromatic amines is 1. The van der Waals surface area contributed by atoms with E-state index in [0.29, 0.717) is 5.65 Å². The molecule has 9 nitrogen and oxygen atoms in total. The quantitative estimate of drug-likeness (QED) is 0.641. The van der Waals surface area contributed by atoms with E-state index in [0.717, 1.165) is 0 Å². The summed E-state index contributed by atoms with van der Waals surface area (Å²) in [6, 6.07) is 0. The van der Waals surface area contributed by atoms with Gasteiger partial charge in [-0.25, -0.2) is 9.97 Å². The maximum atomic E-state index is 11.4. The van der Waals surface area contributed by atoms with Crippen molar-refractivity contribution in [3.8, 4) is 0 Å². The molecule has 0 amide bonds. The van der Waals surface area contributed by atoms with Crippen LogP contribution in [0.2, 0.25) is 0 Å². The highest BCUT2D eigenvalue weighted by molar-refractivity contribution is 7.51. The van der Waals surface area contributed by atoms with E-state index in [9.17, 15) is 9.36 Å². The van der Waals surface area contributed by atoms with Crippen LogP contribution < -0.4 is 5.56 Å². The number of hydrogen-bond donors (Lipinski definition) is 3. The third-order valence-corrected chi connectivity index (χ3v) is 2.87. The Hall–Kier alpha value is -1.54. The summed E-state index contributed by atoms with van der Waals surface area (Å²) < 4.78 is 17.3. The van der Waals surface area contributed by atoms with Crippen LogP contribution in [0.3, 0.4) is 0 Å². The van der Waals surface area contributed by atoms with E-state index in [4.69, 9.17) is 14.5 Å². The predicted octanol–water partition coefficient (Wildman–Crippen LogP) is -0.340. The summed E-state index contributed by atoms with van der Waals surface area (Å²) >= 11 is 0. The van der Waals surface area contributed by atoms with Gasteiger partial charge in [-0.1, -0.05) is 0 Å². The van der Waals surface area contributed by atoms with Gasteiger partial charge in [0, 0.05) is 0 Å². The predicted molar refractivity (Wildman–Crippen MR) is 65.6 cm³/mol. The lowest BCUT2D eigenvalue weighted by Crippen LogP contribution is -2.17. The van der Waals surface area contributed by atoms with E-state index in [-0.39, 0.29) is 17.6 Å². The molecule has 19 heavy (non-hydrogen) atoms. The molecule has 0 unspecified atom stereocenters. The zero-order valence-corrected chi connectivity index (χ0v) is 10.9. The second-order valence-corrected chi connectivity index (χ2v) is 5.66. The standard InChI is InChI=1S/C9H13N4O5P/c1-6(18-5-19(15,16)17)2-13-4-12-7-8(13)10-3-11-9(7)14/h3-4,6H,2,5H2,1H3,(H,10,11,14)(H2,15,16,17)/t6-/m0/s1. The first-order valence-electron chi connectivity index (χ1n) is 5.41. The van der Waals surface area contributed by atoms with Gasteiger partial charge in [0.1, 0.15) is 6.35 Å². The Kier molecular flexibility index (Phi) is 3.81. The molecule has 0 spiro atoms. The minimum atomic E-state index is -4.18. The maximum Gasteiger partial charge on any atom is 0.350 e. The van der Waals surface area contributed by atoms with Crippen molar-refractivity contribution in [3.63, 3.8) is 0 Å². The highest BCUT2D eigenvalue weighted by atomic mass is 31.2. The summed E-state index contributed by atoms with van der Waals surface area (Å²) in [5.41, 5.74) is 0.271. The summed E-state index contributed by atoms with van der Waals surface area (Å²) in [7, 11) is -4.18. The van der Waals surface area contributed by atoms with Gasteiger partial charge in [0.2, 0.25) is 0 Å². The van der Waals surface area contributed by atoms with Crippen LogP contribution in [0.15, 0.2) is 17.4 Å². The molecule has 0 aliphatic heterocycles. The molecule has 0 aliphatic rings. The Labute approximate surface area is 107 Å². The first-order valence-corrected chi connectivity index (χ1v) is 7.21. The summed E-state index contributed by atoms with van der Waals surface area (Å²) in [4.78, 5) is 39.2. The minimum absolute atomic E-state index is 0.213. The van der Waals surface area contributed by atoms with Gasteiger partial charge in [0.15, 0.2) is 11.2 Å². The molecular weight excluding hydrogens is 275 g/mol. The Morgan fingerprint density at radius 1 is 1.53 bits per heavy atom. The van der Waals surface area contributed by atoms with Crippen LogP contribution in [0.25, 0.3) is 11.2 Å². The number of imidazole rings is 1. The van der Waals surface area contributed by atoms with Crippen molar-refractivity contribution in [2.45, 2.75) is 19.6 Å². The van der Waals surface area contributed by atoms with E-state index in [2.05, 4.69) is 15.0 Å². The van der Waals surface area contributed by atoms with E-state index < -0.39 is 20.0 Å². The van der Waals surface area contributed by atoms with Gasteiger partial charge in [-0.15, -0.1) is 0 Å². The third kappa shape index (κ3) is 3.48. The Balaban J connectivity index is 2.11. The van der Waals surface area contributed by atoms with Gasteiger partial charge in [0.05, 0.1) is 25.3 Å². The van der Waals surface area contributed by atoms with E-state index in [1.165, 1.54) is 12.7 Å². The molecule has 3 N–H and O–H groups in total. The van der Waals surface area contributed by atoms with E-state index in [1.807, 2.05) is 0 Å². The number of hydrogen-bond acceptors (Lipinski definition) is 5. The Morgan fingerprint density at radius 2 is 2.26 bits per heavy atom. The monoisotopic (exact) mass is 288 g/mol. The summed E-state index contributed by atoms with van der Waals surface area (Å²) in [5, 5.41) is 0. The molecule has 104 valence electrons. The molecule has 0 aromatic carbocycles. The molecule has 0 aliphatic carbocycles. The van der Waals surface area contributed by atoms with Gasteiger partial charge in [-0.3, -0.25) is 9.36 Å². The molecule has 2 rings (SSSR count). The largest absolute Gasteiger partial charge is 0.364 e. The molecule has 10 heteroatoms. The number of ether oxygens (including phenoxy) is 1. The van der Waals surface area contributed by atoms with Gasteiger partial charge >= 0.3 is 7.60 Å². The zero-order valence-electron chi connectivity index (χ0n) is 10.1. The van der Waals surface area contributed by atoms with Crippen molar-refractivity contribution < 1.29 is 19.1 Å². The molecule has 0 bridgehead atoms. The van der Waals surface area contributed by atoms with Crippen LogP contribution >= 0.6 is 7.60 Å². The second kappa shape index (κ2) is 5.22. The van der Waals surface area contributed by atoms with Crippen molar-refractivity contribution in [1.29, 1.82) is 0 Å². The lowest BCUT2D eigenvalue weighted by atomic mass is 10.4. The molecule has 2 aromatic heterocycles. The van der Waals surface area contributed by atoms with E-state index >= 15 is 0 Å². The van der Waals surface area contributed by atoms with Gasteiger partial charge in [0.25, 0.3) is 5.56 Å². The molecule has 0 fully saturated rings. The molecule has 0 saturated heterocycles. The number of rotatable bonds is 5. The van der Waals surface area contributed by atoms with Gasteiger partial charge < -0.3 is 24.1 Å². The number of aromatic nitrogens is 4. The lowest BCUT2D eigenvalue weighted by molar-refractivity contribution is 0.0764. The molecular formula is C9H13N4O5P. The normalized spacial score (nSPS) is 13.8. The molecule has 1 atom stereocenters. The highest BCUT2D eigenvalue weighted by Gasteiger charge is 2.16. The molecule has 2 heterocycles. The number of nitrogens with zero attached hydrogens (tertiary/aromatic N) is 3. The summed E-state index contributed by atoms with van der Waals surface area (Å²) in [6.45, 7) is 1.95. The Bertz CT molecular complexity index is 675. The fourth-order valence-electron chi connectivity index (χ4n) is 1.58. The first kappa shape index (κ1) is 13.9. The SMILES string of the molecule is C[C@@H](Cn1cnc2c(=O)[nH]cnc21)OCP(=O)(O)O. The lowest BCUT2D eigenvalue weighted by Gasteiger charge is -2.14. The topological polar surface area (TPSA) is 130 Å². The average molecular weight is 288 g/mol. The van der Waals surface area contributed by atoms with Gasteiger partial charge in [-0.2, -0.15) is 0 Å². The second-order valence-electron chi connectivity index (χ2n) is 4.07. The molecule has 0 saturated carbocycles. The minimum Gasteiger partial charge on any atom is -0.364 e. The van der Waals surface area contributed by atoms with Crippen LogP contribution in [0, 0.1) is 0 Å². The first-order chi connectivity index (χ1) is 8.87. The summed E-state index contributed by atoms with van der Waals surface area (Å²) in [6.07, 6.45) is 1.61. The zero-order chi connectivity index (χ0) is 14.0. The third-order valence-electron chi connectivity index (χ3n) is 2.39. The van der Waals surface area contributed by atoms with Crippen LogP contribution in [-0.4, -0.2) is 41.8 Å². The van der Waals surface area contributed by atoms with Gasteiger partial charge in [-0.05, 0) is 6.92 Å². The van der Waals surface area contributed by atoms with Crippen molar-refractivity contribution >= 4 is 18.8 Å². The molecule has 2 aromatic rings. The number of fused-ring (bicyclic) bond motifs is 1. The van der Waals surface area contributed by atoms with Crippen molar-refractivity contribution in [2.75, 3.05) is 6.35 Å². The average Bonchev–Trinajstić information content (AvgIpc) is 2.71.